The molecule has 0 bridgehead atoms. The van der Waals surface area contributed by atoms with Crippen molar-refractivity contribution in [3.05, 3.63) is 69.2 Å². The molecular weight excluding hydrogens is 395 g/mol. The number of rotatable bonds is 8. The number of benzene rings is 2. The molecule has 0 fully saturated rings. The van der Waals surface area contributed by atoms with E-state index in [1.807, 2.05) is 44.2 Å². The highest BCUT2D eigenvalue weighted by Gasteiger charge is 2.26. The third-order valence-corrected chi connectivity index (χ3v) is 5.23. The van der Waals surface area contributed by atoms with Crippen molar-refractivity contribution in [1.82, 2.24) is 10.2 Å². The van der Waals surface area contributed by atoms with Gasteiger partial charge in [-0.3, -0.25) is 9.59 Å². The SMILES string of the molecule is CCCNC(=O)[C@H](C)N(Cc1ccc(Cl)c(Cl)c1)C(=O)Cc1cccc(C)c1. The number of carbonyl (C=O) groups excluding carboxylic acids is 2. The van der Waals surface area contributed by atoms with Gasteiger partial charge in [0.2, 0.25) is 11.8 Å². The summed E-state index contributed by atoms with van der Waals surface area (Å²) in [7, 11) is 0. The predicted octanol–water partition coefficient (Wildman–Crippen LogP) is 4.79. The molecular formula is C22H26Cl2N2O2. The van der Waals surface area contributed by atoms with Gasteiger partial charge in [0.05, 0.1) is 16.5 Å². The summed E-state index contributed by atoms with van der Waals surface area (Å²) < 4.78 is 0. The second-order valence-corrected chi connectivity index (χ2v) is 7.72. The highest BCUT2D eigenvalue weighted by atomic mass is 35.5. The van der Waals surface area contributed by atoms with Gasteiger partial charge in [-0.1, -0.05) is 66.0 Å². The fourth-order valence-electron chi connectivity index (χ4n) is 2.91. The lowest BCUT2D eigenvalue weighted by atomic mass is 10.1. The molecule has 4 nitrogen and oxygen atoms in total. The van der Waals surface area contributed by atoms with E-state index in [4.69, 9.17) is 23.2 Å². The Morgan fingerprint density at radius 2 is 1.82 bits per heavy atom. The summed E-state index contributed by atoms with van der Waals surface area (Å²) in [5.74, 6) is -0.282. The van der Waals surface area contributed by atoms with Crippen molar-refractivity contribution >= 4 is 35.0 Å². The van der Waals surface area contributed by atoms with Gasteiger partial charge in [-0.25, -0.2) is 0 Å². The monoisotopic (exact) mass is 420 g/mol. The summed E-state index contributed by atoms with van der Waals surface area (Å²) in [4.78, 5) is 27.2. The van der Waals surface area contributed by atoms with E-state index in [0.717, 1.165) is 23.1 Å². The molecule has 2 rings (SSSR count). The van der Waals surface area contributed by atoms with Gasteiger partial charge in [-0.05, 0) is 43.5 Å². The highest BCUT2D eigenvalue weighted by Crippen LogP contribution is 2.24. The Labute approximate surface area is 176 Å². The first-order chi connectivity index (χ1) is 13.3. The fourth-order valence-corrected chi connectivity index (χ4v) is 3.23. The van der Waals surface area contributed by atoms with E-state index in [-0.39, 0.29) is 24.8 Å². The Kier molecular flexibility index (Phi) is 8.34. The van der Waals surface area contributed by atoms with Crippen LogP contribution in [0.3, 0.4) is 0 Å². The van der Waals surface area contributed by atoms with Crippen molar-refractivity contribution < 1.29 is 9.59 Å². The summed E-state index contributed by atoms with van der Waals surface area (Å²) in [6, 6.07) is 12.5. The van der Waals surface area contributed by atoms with Gasteiger partial charge >= 0.3 is 0 Å². The van der Waals surface area contributed by atoms with Crippen LogP contribution in [0.2, 0.25) is 10.0 Å². The summed E-state index contributed by atoms with van der Waals surface area (Å²) in [5.41, 5.74) is 2.84. The number of hydrogen-bond donors (Lipinski definition) is 1. The number of nitrogens with zero attached hydrogens (tertiary/aromatic N) is 1. The third kappa shape index (κ3) is 6.25. The van der Waals surface area contributed by atoms with Crippen LogP contribution in [0.25, 0.3) is 0 Å². The number of hydrogen-bond acceptors (Lipinski definition) is 2. The van der Waals surface area contributed by atoms with Crippen molar-refractivity contribution in [2.75, 3.05) is 6.54 Å². The van der Waals surface area contributed by atoms with Crippen molar-refractivity contribution in [1.29, 1.82) is 0 Å². The molecule has 1 atom stereocenters. The minimum absolute atomic E-state index is 0.115. The molecule has 2 amide bonds. The molecule has 0 saturated carbocycles. The molecule has 1 N–H and O–H groups in total. The van der Waals surface area contributed by atoms with Crippen LogP contribution in [0.15, 0.2) is 42.5 Å². The molecule has 0 unspecified atom stereocenters. The molecule has 0 radical (unpaired) electrons. The van der Waals surface area contributed by atoms with Crippen LogP contribution < -0.4 is 5.32 Å². The van der Waals surface area contributed by atoms with Crippen LogP contribution >= 0.6 is 23.2 Å². The minimum atomic E-state index is -0.599. The van der Waals surface area contributed by atoms with E-state index in [1.54, 1.807) is 24.0 Å². The second-order valence-electron chi connectivity index (χ2n) is 6.90. The highest BCUT2D eigenvalue weighted by molar-refractivity contribution is 6.42. The van der Waals surface area contributed by atoms with Crippen molar-refractivity contribution in [3.8, 4) is 0 Å². The van der Waals surface area contributed by atoms with Gasteiger partial charge in [0, 0.05) is 13.1 Å². The van der Waals surface area contributed by atoms with Crippen LogP contribution in [0.5, 0.6) is 0 Å². The Balaban J connectivity index is 2.24. The number of carbonyl (C=O) groups is 2. The molecule has 0 heterocycles. The molecule has 0 aliphatic carbocycles. The molecule has 6 heteroatoms. The third-order valence-electron chi connectivity index (χ3n) is 4.49. The molecule has 2 aromatic carbocycles. The van der Waals surface area contributed by atoms with Crippen LogP contribution in [0.1, 0.15) is 37.0 Å². The quantitative estimate of drug-likeness (QED) is 0.667. The Morgan fingerprint density at radius 1 is 1.07 bits per heavy atom. The molecule has 2 aromatic rings. The van der Waals surface area contributed by atoms with Crippen LogP contribution in [0.4, 0.5) is 0 Å². The first-order valence-electron chi connectivity index (χ1n) is 9.38. The zero-order valence-corrected chi connectivity index (χ0v) is 18.0. The first kappa shape index (κ1) is 22.3. The topological polar surface area (TPSA) is 49.4 Å². The summed E-state index contributed by atoms with van der Waals surface area (Å²) in [6.45, 7) is 6.58. The molecule has 0 aliphatic heterocycles. The lowest BCUT2D eigenvalue weighted by Gasteiger charge is -2.29. The van der Waals surface area contributed by atoms with E-state index < -0.39 is 6.04 Å². The van der Waals surface area contributed by atoms with Crippen molar-refractivity contribution in [2.24, 2.45) is 0 Å². The van der Waals surface area contributed by atoms with E-state index in [2.05, 4.69) is 5.32 Å². The lowest BCUT2D eigenvalue weighted by Crippen LogP contribution is -2.48. The number of nitrogens with one attached hydrogen (secondary N) is 1. The van der Waals surface area contributed by atoms with E-state index in [0.29, 0.717) is 16.6 Å². The standard InChI is InChI=1S/C22H26Cl2N2O2/c1-4-10-25-22(28)16(3)26(14-18-8-9-19(23)20(24)12-18)21(27)13-17-7-5-6-15(2)11-17/h5-9,11-12,16H,4,10,13-14H2,1-3H3,(H,25,28)/t16-/m0/s1. The summed E-state index contributed by atoms with van der Waals surface area (Å²) in [6.07, 6.45) is 1.07. The maximum atomic E-state index is 13.1. The van der Waals surface area contributed by atoms with Crippen molar-refractivity contribution in [3.63, 3.8) is 0 Å². The molecule has 0 aliphatic rings. The first-order valence-corrected chi connectivity index (χ1v) is 10.1. The van der Waals surface area contributed by atoms with Gasteiger partial charge in [0.15, 0.2) is 0 Å². The Hall–Kier alpha value is -2.04. The number of amides is 2. The molecule has 28 heavy (non-hydrogen) atoms. The molecule has 0 spiro atoms. The summed E-state index contributed by atoms with van der Waals surface area (Å²) >= 11 is 12.1. The average Bonchev–Trinajstić information content (AvgIpc) is 2.66. The van der Waals surface area contributed by atoms with Crippen LogP contribution in [-0.2, 0) is 22.6 Å². The van der Waals surface area contributed by atoms with Gasteiger partial charge in [-0.15, -0.1) is 0 Å². The fraction of sp³-hybridized carbons (Fsp3) is 0.364. The zero-order valence-electron chi connectivity index (χ0n) is 16.5. The summed E-state index contributed by atoms with van der Waals surface area (Å²) in [5, 5.41) is 3.75. The average molecular weight is 421 g/mol. The molecule has 0 saturated heterocycles. The number of halogens is 2. The largest absolute Gasteiger partial charge is 0.354 e. The molecule has 0 aromatic heterocycles. The maximum Gasteiger partial charge on any atom is 0.242 e. The number of aryl methyl sites for hydroxylation is 1. The normalized spacial score (nSPS) is 11.8. The van der Waals surface area contributed by atoms with Gasteiger partial charge in [0.25, 0.3) is 0 Å². The maximum absolute atomic E-state index is 13.1. The zero-order chi connectivity index (χ0) is 20.7. The minimum Gasteiger partial charge on any atom is -0.354 e. The smallest absolute Gasteiger partial charge is 0.242 e. The van der Waals surface area contributed by atoms with E-state index >= 15 is 0 Å². The van der Waals surface area contributed by atoms with Gasteiger partial charge in [-0.2, -0.15) is 0 Å². The van der Waals surface area contributed by atoms with Gasteiger partial charge < -0.3 is 10.2 Å². The van der Waals surface area contributed by atoms with E-state index in [1.165, 1.54) is 0 Å². The Morgan fingerprint density at radius 3 is 2.46 bits per heavy atom. The van der Waals surface area contributed by atoms with Gasteiger partial charge in [0.1, 0.15) is 6.04 Å². The lowest BCUT2D eigenvalue weighted by molar-refractivity contribution is -0.140. The predicted molar refractivity (Wildman–Crippen MR) is 115 cm³/mol. The van der Waals surface area contributed by atoms with E-state index in [9.17, 15) is 9.59 Å². The van der Waals surface area contributed by atoms with Crippen molar-refractivity contribution in [2.45, 2.75) is 46.2 Å². The second kappa shape index (κ2) is 10.5. The van der Waals surface area contributed by atoms with Crippen LogP contribution in [0, 0.1) is 6.92 Å². The Bertz CT molecular complexity index is 839. The van der Waals surface area contributed by atoms with Crippen LogP contribution in [-0.4, -0.2) is 29.3 Å². The molecule has 150 valence electrons.